The van der Waals surface area contributed by atoms with Gasteiger partial charge >= 0.3 is 0 Å². The van der Waals surface area contributed by atoms with Crippen molar-refractivity contribution >= 4 is 5.91 Å². The number of nitrogens with one attached hydrogen (secondary N) is 1. The van der Waals surface area contributed by atoms with E-state index in [0.717, 1.165) is 11.3 Å². The Bertz CT molecular complexity index is 337. The van der Waals surface area contributed by atoms with Crippen LogP contribution in [0.15, 0.2) is 18.3 Å². The predicted octanol–water partition coefficient (Wildman–Crippen LogP) is 0.430. The molecule has 0 aliphatic carbocycles. The van der Waals surface area contributed by atoms with E-state index in [2.05, 4.69) is 10.3 Å². The number of amides is 1. The fourth-order valence-electron chi connectivity index (χ4n) is 1.18. The van der Waals surface area contributed by atoms with Crippen molar-refractivity contribution in [2.24, 2.45) is 0 Å². The molecule has 0 fully saturated rings. The summed E-state index contributed by atoms with van der Waals surface area (Å²) in [6.07, 6.45) is 1.42. The fourth-order valence-corrected chi connectivity index (χ4v) is 1.18. The summed E-state index contributed by atoms with van der Waals surface area (Å²) < 4.78 is 0. The predicted molar refractivity (Wildman–Crippen MR) is 57.4 cm³/mol. The van der Waals surface area contributed by atoms with Crippen LogP contribution in [0.25, 0.3) is 0 Å². The molecule has 1 rings (SSSR count). The molecule has 15 heavy (non-hydrogen) atoms. The van der Waals surface area contributed by atoms with Crippen molar-refractivity contribution in [2.75, 3.05) is 6.54 Å². The van der Waals surface area contributed by atoms with Gasteiger partial charge in [0.2, 0.25) is 5.91 Å². The van der Waals surface area contributed by atoms with E-state index in [4.69, 9.17) is 5.11 Å². The van der Waals surface area contributed by atoms with Gasteiger partial charge in [0.25, 0.3) is 0 Å². The highest BCUT2D eigenvalue weighted by Crippen LogP contribution is 2.03. The summed E-state index contributed by atoms with van der Waals surface area (Å²) in [6.45, 7) is 3.83. The highest BCUT2D eigenvalue weighted by atomic mass is 16.3. The van der Waals surface area contributed by atoms with Gasteiger partial charge in [-0.2, -0.15) is 0 Å². The Morgan fingerprint density at radius 2 is 2.40 bits per heavy atom. The first kappa shape index (κ1) is 11.7. The Kier molecular flexibility index (Phi) is 4.24. The van der Waals surface area contributed by atoms with Crippen LogP contribution < -0.4 is 5.32 Å². The van der Waals surface area contributed by atoms with Gasteiger partial charge in [0.05, 0.1) is 18.2 Å². The second-order valence-corrected chi connectivity index (χ2v) is 3.60. The molecule has 0 bridgehead atoms. The molecule has 0 saturated carbocycles. The van der Waals surface area contributed by atoms with E-state index in [-0.39, 0.29) is 18.9 Å². The van der Waals surface area contributed by atoms with Crippen LogP contribution in [0.2, 0.25) is 0 Å². The lowest BCUT2D eigenvalue weighted by molar-refractivity contribution is -0.120. The number of aromatic nitrogens is 1. The smallest absolute Gasteiger partial charge is 0.226 e. The molecule has 1 atom stereocenters. The molecule has 0 radical (unpaired) electrons. The van der Waals surface area contributed by atoms with Crippen LogP contribution in [0.5, 0.6) is 0 Å². The molecule has 1 unspecified atom stereocenters. The van der Waals surface area contributed by atoms with Gasteiger partial charge in [-0.25, -0.2) is 0 Å². The van der Waals surface area contributed by atoms with Crippen LogP contribution in [-0.4, -0.2) is 28.6 Å². The Morgan fingerprint density at radius 3 is 3.00 bits per heavy atom. The first-order valence-electron chi connectivity index (χ1n) is 4.95. The lowest BCUT2D eigenvalue weighted by Gasteiger charge is -2.07. The number of nitrogens with zero attached hydrogens (tertiary/aromatic N) is 1. The van der Waals surface area contributed by atoms with Crippen molar-refractivity contribution in [3.05, 3.63) is 29.6 Å². The van der Waals surface area contributed by atoms with Gasteiger partial charge in [0.1, 0.15) is 0 Å². The topological polar surface area (TPSA) is 62.2 Å². The van der Waals surface area contributed by atoms with Gasteiger partial charge in [-0.1, -0.05) is 6.07 Å². The van der Waals surface area contributed by atoms with E-state index in [9.17, 15) is 4.79 Å². The van der Waals surface area contributed by atoms with Gasteiger partial charge < -0.3 is 10.4 Å². The lowest BCUT2D eigenvalue weighted by atomic mass is 10.1. The van der Waals surface area contributed by atoms with Gasteiger partial charge in [0.15, 0.2) is 0 Å². The van der Waals surface area contributed by atoms with Crippen LogP contribution in [-0.2, 0) is 11.2 Å². The Morgan fingerprint density at radius 1 is 1.67 bits per heavy atom. The summed E-state index contributed by atoms with van der Waals surface area (Å²) >= 11 is 0. The maximum absolute atomic E-state index is 11.4. The number of carbonyl (C=O) groups is 1. The van der Waals surface area contributed by atoms with E-state index in [1.165, 1.54) is 0 Å². The minimum absolute atomic E-state index is 0.113. The highest BCUT2D eigenvalue weighted by Gasteiger charge is 2.06. The summed E-state index contributed by atoms with van der Waals surface area (Å²) in [5.41, 5.74) is 1.78. The van der Waals surface area contributed by atoms with E-state index in [0.29, 0.717) is 0 Å². The number of hydrogen-bond acceptors (Lipinski definition) is 3. The summed E-state index contributed by atoms with van der Waals surface area (Å²) in [4.78, 5) is 15.5. The summed E-state index contributed by atoms with van der Waals surface area (Å²) in [6, 6.07) is 3.76. The molecule has 0 spiro atoms. The van der Waals surface area contributed by atoms with Crippen molar-refractivity contribution < 1.29 is 9.90 Å². The number of aliphatic hydroxyl groups is 1. The standard InChI is InChI=1S/C11H16N2O2/c1-8-4-3-5-12-10(8)6-11(15)13-7-9(2)14/h3-5,9,14H,6-7H2,1-2H3,(H,13,15). The van der Waals surface area contributed by atoms with E-state index in [1.54, 1.807) is 13.1 Å². The van der Waals surface area contributed by atoms with Crippen LogP contribution in [0.3, 0.4) is 0 Å². The quantitative estimate of drug-likeness (QED) is 0.754. The third kappa shape index (κ3) is 4.08. The van der Waals surface area contributed by atoms with Crippen molar-refractivity contribution in [1.82, 2.24) is 10.3 Å². The minimum Gasteiger partial charge on any atom is -0.392 e. The molecule has 0 aliphatic rings. The third-order valence-electron chi connectivity index (χ3n) is 2.04. The second-order valence-electron chi connectivity index (χ2n) is 3.60. The molecule has 1 heterocycles. The zero-order valence-electron chi connectivity index (χ0n) is 9.03. The fraction of sp³-hybridized carbons (Fsp3) is 0.455. The summed E-state index contributed by atoms with van der Waals surface area (Å²) in [5.74, 6) is -0.113. The zero-order valence-corrected chi connectivity index (χ0v) is 9.03. The molecular formula is C11H16N2O2. The number of aliphatic hydroxyl groups excluding tert-OH is 1. The minimum atomic E-state index is -0.515. The van der Waals surface area contributed by atoms with Gasteiger partial charge in [-0.15, -0.1) is 0 Å². The van der Waals surface area contributed by atoms with Crippen LogP contribution in [0.1, 0.15) is 18.2 Å². The number of aryl methyl sites for hydroxylation is 1. The van der Waals surface area contributed by atoms with Crippen molar-refractivity contribution in [1.29, 1.82) is 0 Å². The summed E-state index contributed by atoms with van der Waals surface area (Å²) in [5, 5.41) is 11.6. The van der Waals surface area contributed by atoms with Gasteiger partial charge in [-0.3, -0.25) is 9.78 Å². The highest BCUT2D eigenvalue weighted by molar-refractivity contribution is 5.78. The van der Waals surface area contributed by atoms with Crippen LogP contribution >= 0.6 is 0 Å². The maximum atomic E-state index is 11.4. The molecule has 4 heteroatoms. The van der Waals surface area contributed by atoms with Crippen LogP contribution in [0.4, 0.5) is 0 Å². The summed E-state index contributed by atoms with van der Waals surface area (Å²) in [7, 11) is 0. The number of hydrogen-bond donors (Lipinski definition) is 2. The van der Waals surface area contributed by atoms with Crippen LogP contribution in [0, 0.1) is 6.92 Å². The van der Waals surface area contributed by atoms with Crippen molar-refractivity contribution in [2.45, 2.75) is 26.4 Å². The SMILES string of the molecule is Cc1cccnc1CC(=O)NCC(C)O. The second kappa shape index (κ2) is 5.46. The molecule has 0 saturated heterocycles. The molecule has 4 nitrogen and oxygen atoms in total. The first-order valence-corrected chi connectivity index (χ1v) is 4.95. The molecular weight excluding hydrogens is 192 g/mol. The molecule has 1 amide bonds. The average molecular weight is 208 g/mol. The first-order chi connectivity index (χ1) is 7.09. The third-order valence-corrected chi connectivity index (χ3v) is 2.04. The Hall–Kier alpha value is -1.42. The van der Waals surface area contributed by atoms with E-state index >= 15 is 0 Å². The number of pyridine rings is 1. The maximum Gasteiger partial charge on any atom is 0.226 e. The molecule has 0 aromatic carbocycles. The molecule has 1 aromatic heterocycles. The molecule has 0 aliphatic heterocycles. The van der Waals surface area contributed by atoms with Gasteiger partial charge in [-0.05, 0) is 25.5 Å². The zero-order chi connectivity index (χ0) is 11.3. The monoisotopic (exact) mass is 208 g/mol. The lowest BCUT2D eigenvalue weighted by Crippen LogP contribution is -2.32. The molecule has 2 N–H and O–H groups in total. The van der Waals surface area contributed by atoms with Crippen molar-refractivity contribution in [3.63, 3.8) is 0 Å². The van der Waals surface area contributed by atoms with E-state index < -0.39 is 6.10 Å². The Labute approximate surface area is 89.3 Å². The number of carbonyl (C=O) groups excluding carboxylic acids is 1. The molecule has 82 valence electrons. The normalized spacial score (nSPS) is 12.2. The van der Waals surface area contributed by atoms with Gasteiger partial charge in [0, 0.05) is 12.7 Å². The number of rotatable bonds is 4. The largest absolute Gasteiger partial charge is 0.392 e. The average Bonchev–Trinajstić information content (AvgIpc) is 2.18. The van der Waals surface area contributed by atoms with E-state index in [1.807, 2.05) is 19.1 Å². The molecule has 1 aromatic rings. The Balaban J connectivity index is 2.48. The van der Waals surface area contributed by atoms with Crippen molar-refractivity contribution in [3.8, 4) is 0 Å².